The molecule has 29 heavy (non-hydrogen) atoms. The summed E-state index contributed by atoms with van der Waals surface area (Å²) in [6, 6.07) is 16.7. The summed E-state index contributed by atoms with van der Waals surface area (Å²) < 4.78 is 54.5. The molecule has 0 saturated carbocycles. The van der Waals surface area contributed by atoms with Crippen molar-refractivity contribution >= 4 is 5.71 Å². The van der Waals surface area contributed by atoms with E-state index in [1.807, 2.05) is 24.3 Å². The van der Waals surface area contributed by atoms with Crippen LogP contribution < -0.4 is 4.74 Å². The fourth-order valence-electron chi connectivity index (χ4n) is 3.38. The first-order valence-corrected chi connectivity index (χ1v) is 9.03. The monoisotopic (exact) mass is 400 g/mol. The van der Waals surface area contributed by atoms with Gasteiger partial charge >= 0.3 is 6.36 Å². The van der Waals surface area contributed by atoms with E-state index in [9.17, 15) is 17.6 Å². The molecule has 1 unspecified atom stereocenters. The maximum Gasteiger partial charge on any atom is 0.573 e. The third kappa shape index (κ3) is 4.45. The molecule has 7 heteroatoms. The molecule has 3 aromatic rings. The number of halogens is 4. The van der Waals surface area contributed by atoms with Crippen LogP contribution in [-0.2, 0) is 0 Å². The quantitative estimate of drug-likeness (QED) is 0.391. The van der Waals surface area contributed by atoms with Gasteiger partial charge in [-0.05, 0) is 53.8 Å². The van der Waals surface area contributed by atoms with Crippen LogP contribution in [0.5, 0.6) is 5.75 Å². The number of hydrogen-bond donors (Lipinski definition) is 0. The van der Waals surface area contributed by atoms with Crippen molar-refractivity contribution in [2.24, 2.45) is 4.99 Å². The topological polar surface area (TPSA) is 34.5 Å². The van der Waals surface area contributed by atoms with Crippen LogP contribution in [0.2, 0.25) is 0 Å². The van der Waals surface area contributed by atoms with E-state index in [-0.39, 0.29) is 11.8 Å². The van der Waals surface area contributed by atoms with E-state index in [1.54, 1.807) is 24.3 Å². The maximum absolute atomic E-state index is 13.9. The van der Waals surface area contributed by atoms with Crippen molar-refractivity contribution in [1.29, 1.82) is 0 Å². The molecule has 1 atom stereocenters. The predicted molar refractivity (Wildman–Crippen MR) is 101 cm³/mol. The standard InChI is InChI=1S/C22H16F4N2O/c23-21-18(2-1-13-27-21)20-12-11-19(28-20)16-5-3-14(4-6-16)15-7-9-17(10-8-15)29-22(24,25)26/h1-10,13,19H,11-12H2. The minimum atomic E-state index is -4.71. The zero-order valence-corrected chi connectivity index (χ0v) is 15.2. The van der Waals surface area contributed by atoms with Gasteiger partial charge in [-0.2, -0.15) is 4.39 Å². The van der Waals surface area contributed by atoms with Crippen molar-refractivity contribution in [1.82, 2.24) is 4.98 Å². The van der Waals surface area contributed by atoms with Crippen molar-refractivity contribution in [3.8, 4) is 16.9 Å². The number of alkyl halides is 3. The average molecular weight is 400 g/mol. The maximum atomic E-state index is 13.9. The lowest BCUT2D eigenvalue weighted by molar-refractivity contribution is -0.274. The Morgan fingerprint density at radius 2 is 1.55 bits per heavy atom. The molecular weight excluding hydrogens is 384 g/mol. The van der Waals surface area contributed by atoms with Gasteiger partial charge in [0.2, 0.25) is 5.95 Å². The van der Waals surface area contributed by atoms with Gasteiger partial charge in [0, 0.05) is 11.9 Å². The Morgan fingerprint density at radius 3 is 2.17 bits per heavy atom. The summed E-state index contributed by atoms with van der Waals surface area (Å²) in [7, 11) is 0. The van der Waals surface area contributed by atoms with Gasteiger partial charge in [0.25, 0.3) is 0 Å². The second kappa shape index (κ2) is 7.66. The Bertz CT molecular complexity index is 1030. The molecule has 0 saturated heterocycles. The van der Waals surface area contributed by atoms with E-state index in [0.29, 0.717) is 17.7 Å². The van der Waals surface area contributed by atoms with Gasteiger partial charge < -0.3 is 4.74 Å². The Labute approximate surface area is 164 Å². The number of nitrogens with zero attached hydrogens (tertiary/aromatic N) is 2. The first-order chi connectivity index (χ1) is 13.9. The summed E-state index contributed by atoms with van der Waals surface area (Å²) in [5.74, 6) is -0.770. The minimum absolute atomic E-state index is 0.0544. The molecule has 3 nitrogen and oxygen atoms in total. The molecule has 0 amide bonds. The Balaban J connectivity index is 1.49. The molecule has 0 aliphatic carbocycles. The van der Waals surface area contributed by atoms with Crippen LogP contribution in [0.4, 0.5) is 17.6 Å². The van der Waals surface area contributed by atoms with Crippen LogP contribution in [0.3, 0.4) is 0 Å². The zero-order valence-electron chi connectivity index (χ0n) is 15.2. The van der Waals surface area contributed by atoms with Gasteiger partial charge in [0.1, 0.15) is 5.75 Å². The molecule has 0 fully saturated rings. The molecule has 0 radical (unpaired) electrons. The number of aromatic nitrogens is 1. The zero-order chi connectivity index (χ0) is 20.4. The van der Waals surface area contributed by atoms with Crippen LogP contribution >= 0.6 is 0 Å². The molecule has 1 aromatic heterocycles. The molecular formula is C22H16F4N2O. The smallest absolute Gasteiger partial charge is 0.406 e. The summed E-state index contributed by atoms with van der Waals surface area (Å²) in [4.78, 5) is 8.32. The van der Waals surface area contributed by atoms with Gasteiger partial charge in [-0.3, -0.25) is 4.99 Å². The van der Waals surface area contributed by atoms with E-state index in [1.165, 1.54) is 18.3 Å². The van der Waals surface area contributed by atoms with Crippen LogP contribution in [-0.4, -0.2) is 17.1 Å². The molecule has 1 aliphatic rings. The lowest BCUT2D eigenvalue weighted by Crippen LogP contribution is -2.16. The molecule has 4 rings (SSSR count). The first-order valence-electron chi connectivity index (χ1n) is 9.03. The third-order valence-corrected chi connectivity index (χ3v) is 4.75. The van der Waals surface area contributed by atoms with Crippen LogP contribution in [0.1, 0.15) is 30.0 Å². The van der Waals surface area contributed by atoms with Gasteiger partial charge in [-0.25, -0.2) is 4.98 Å². The third-order valence-electron chi connectivity index (χ3n) is 4.75. The summed E-state index contributed by atoms with van der Waals surface area (Å²) >= 11 is 0. The SMILES string of the molecule is Fc1ncccc1C1=NC(c2ccc(-c3ccc(OC(F)(F)F)cc3)cc2)CC1. The Hall–Kier alpha value is -3.22. The van der Waals surface area contributed by atoms with E-state index in [4.69, 9.17) is 0 Å². The van der Waals surface area contributed by atoms with Gasteiger partial charge in [-0.15, -0.1) is 13.2 Å². The number of ether oxygens (including phenoxy) is 1. The largest absolute Gasteiger partial charge is 0.573 e. The highest BCUT2D eigenvalue weighted by molar-refractivity contribution is 6.01. The van der Waals surface area contributed by atoms with Gasteiger partial charge in [0.15, 0.2) is 0 Å². The summed E-state index contributed by atoms with van der Waals surface area (Å²) in [5, 5.41) is 0. The van der Waals surface area contributed by atoms with Crippen molar-refractivity contribution < 1.29 is 22.3 Å². The number of pyridine rings is 1. The van der Waals surface area contributed by atoms with Gasteiger partial charge in [-0.1, -0.05) is 36.4 Å². The number of hydrogen-bond acceptors (Lipinski definition) is 3. The average Bonchev–Trinajstić information content (AvgIpc) is 3.18. The normalized spacial score (nSPS) is 16.6. The number of benzene rings is 2. The molecule has 0 spiro atoms. The van der Waals surface area contributed by atoms with E-state index < -0.39 is 12.3 Å². The second-order valence-corrected chi connectivity index (χ2v) is 6.67. The lowest BCUT2D eigenvalue weighted by atomic mass is 9.99. The molecule has 2 heterocycles. The fourth-order valence-corrected chi connectivity index (χ4v) is 3.38. The van der Waals surface area contributed by atoms with Crippen molar-refractivity contribution in [3.05, 3.63) is 83.9 Å². The molecule has 2 aromatic carbocycles. The van der Waals surface area contributed by atoms with E-state index in [2.05, 4.69) is 14.7 Å². The summed E-state index contributed by atoms with van der Waals surface area (Å²) in [6.45, 7) is 0. The van der Waals surface area contributed by atoms with Crippen LogP contribution in [0, 0.1) is 5.95 Å². The lowest BCUT2D eigenvalue weighted by Gasteiger charge is -2.10. The molecule has 1 aliphatic heterocycles. The van der Waals surface area contributed by atoms with Crippen molar-refractivity contribution in [2.75, 3.05) is 0 Å². The fraction of sp³-hybridized carbons (Fsp3) is 0.182. The first kappa shape index (κ1) is 19.1. The van der Waals surface area contributed by atoms with Gasteiger partial charge in [0.05, 0.1) is 11.6 Å². The van der Waals surface area contributed by atoms with E-state index in [0.717, 1.165) is 23.1 Å². The number of rotatable bonds is 4. The Kier molecular flexibility index (Phi) is 5.05. The summed E-state index contributed by atoms with van der Waals surface area (Å²) in [6.07, 6.45) is -1.84. The highest BCUT2D eigenvalue weighted by Crippen LogP contribution is 2.33. The number of aliphatic imine (C=N–C) groups is 1. The second-order valence-electron chi connectivity index (χ2n) is 6.67. The van der Waals surface area contributed by atoms with Crippen LogP contribution in [0.15, 0.2) is 71.9 Å². The summed E-state index contributed by atoms with van der Waals surface area (Å²) in [5.41, 5.74) is 3.80. The predicted octanol–water partition coefficient (Wildman–Crippen LogP) is 6.11. The van der Waals surface area contributed by atoms with E-state index >= 15 is 0 Å². The minimum Gasteiger partial charge on any atom is -0.406 e. The molecule has 148 valence electrons. The highest BCUT2D eigenvalue weighted by atomic mass is 19.4. The Morgan fingerprint density at radius 1 is 0.897 bits per heavy atom. The molecule has 0 N–H and O–H groups in total. The highest BCUT2D eigenvalue weighted by Gasteiger charge is 2.31. The molecule has 0 bridgehead atoms. The van der Waals surface area contributed by atoms with Crippen LogP contribution in [0.25, 0.3) is 11.1 Å². The van der Waals surface area contributed by atoms with Crippen molar-refractivity contribution in [3.63, 3.8) is 0 Å². The van der Waals surface area contributed by atoms with Crippen molar-refractivity contribution in [2.45, 2.75) is 25.2 Å².